The van der Waals surface area contributed by atoms with E-state index in [1.807, 2.05) is 0 Å². The van der Waals surface area contributed by atoms with Crippen LogP contribution in [0.4, 0.5) is 0 Å². The molecule has 0 radical (unpaired) electrons. The topological polar surface area (TPSA) is 98.1 Å². The van der Waals surface area contributed by atoms with E-state index in [4.69, 9.17) is 4.74 Å². The average Bonchev–Trinajstić information content (AvgIpc) is 3.23. The van der Waals surface area contributed by atoms with Gasteiger partial charge in [-0.05, 0) is 19.8 Å². The molecule has 2 amide bonds. The van der Waals surface area contributed by atoms with Crippen molar-refractivity contribution >= 4 is 34.1 Å². The number of fused-ring (bicyclic) bond motifs is 2. The van der Waals surface area contributed by atoms with E-state index in [-0.39, 0.29) is 35.8 Å². The molecule has 1 saturated heterocycles. The standard InChI is InChI=1S/C18H19N3O5S/c1-10(21-15(23)12-4-2-3-5-13(12)16(21)24)17(25)26-9-11-8-14(22)20-6-7-27-18(20)19-11/h6-8,10,12-13H,2-5,9H2,1H3/t10-,12-,13-/m1/s1. The van der Waals surface area contributed by atoms with Gasteiger partial charge in [0.25, 0.3) is 5.56 Å². The van der Waals surface area contributed by atoms with Gasteiger partial charge < -0.3 is 4.74 Å². The smallest absolute Gasteiger partial charge is 0.329 e. The van der Waals surface area contributed by atoms with Crippen LogP contribution in [0.1, 0.15) is 38.3 Å². The van der Waals surface area contributed by atoms with Crippen molar-refractivity contribution in [3.63, 3.8) is 0 Å². The van der Waals surface area contributed by atoms with Gasteiger partial charge in [0.1, 0.15) is 12.6 Å². The van der Waals surface area contributed by atoms with E-state index in [0.717, 1.165) is 17.7 Å². The van der Waals surface area contributed by atoms with Crippen LogP contribution in [0.5, 0.6) is 0 Å². The second-order valence-corrected chi connectivity index (χ2v) is 7.84. The molecule has 4 rings (SSSR count). The second kappa shape index (κ2) is 6.88. The molecule has 2 aliphatic rings. The van der Waals surface area contributed by atoms with Crippen LogP contribution in [-0.2, 0) is 25.7 Å². The molecule has 3 heterocycles. The first-order chi connectivity index (χ1) is 13.0. The first kappa shape index (κ1) is 17.8. The number of likely N-dealkylation sites (tertiary alicyclic amines) is 1. The van der Waals surface area contributed by atoms with Crippen molar-refractivity contribution in [3.05, 3.63) is 33.7 Å². The van der Waals surface area contributed by atoms with Crippen molar-refractivity contribution in [2.75, 3.05) is 0 Å². The Morgan fingerprint density at radius 2 is 1.93 bits per heavy atom. The summed E-state index contributed by atoms with van der Waals surface area (Å²) in [5.74, 6) is -1.83. The quantitative estimate of drug-likeness (QED) is 0.578. The Labute approximate surface area is 158 Å². The molecule has 0 bridgehead atoms. The molecule has 2 fully saturated rings. The number of carbonyl (C=O) groups is 3. The summed E-state index contributed by atoms with van der Waals surface area (Å²) in [6, 6.07) is 0.320. The number of imide groups is 1. The highest BCUT2D eigenvalue weighted by molar-refractivity contribution is 7.15. The van der Waals surface area contributed by atoms with E-state index in [1.54, 1.807) is 11.6 Å². The number of thiazole rings is 1. The lowest BCUT2D eigenvalue weighted by atomic mass is 9.81. The van der Waals surface area contributed by atoms with Gasteiger partial charge in [-0.3, -0.25) is 23.7 Å². The van der Waals surface area contributed by atoms with Crippen molar-refractivity contribution in [2.24, 2.45) is 11.8 Å². The number of amides is 2. The molecular weight excluding hydrogens is 370 g/mol. The molecule has 2 aromatic heterocycles. The van der Waals surface area contributed by atoms with Gasteiger partial charge in [-0.1, -0.05) is 12.8 Å². The fourth-order valence-corrected chi connectivity index (χ4v) is 4.64. The van der Waals surface area contributed by atoms with Crippen LogP contribution in [0.15, 0.2) is 22.4 Å². The lowest BCUT2D eigenvalue weighted by Gasteiger charge is -2.21. The molecule has 8 nitrogen and oxygen atoms in total. The molecule has 27 heavy (non-hydrogen) atoms. The predicted octanol–water partition coefficient (Wildman–Crippen LogP) is 1.36. The highest BCUT2D eigenvalue weighted by Gasteiger charge is 2.51. The van der Waals surface area contributed by atoms with Crippen LogP contribution in [-0.4, -0.2) is 38.1 Å². The maximum absolute atomic E-state index is 12.6. The summed E-state index contributed by atoms with van der Waals surface area (Å²) in [6.07, 6.45) is 4.88. The van der Waals surface area contributed by atoms with Crippen LogP contribution in [0, 0.1) is 11.8 Å². The summed E-state index contributed by atoms with van der Waals surface area (Å²) in [5.41, 5.74) is 0.0741. The van der Waals surface area contributed by atoms with E-state index in [9.17, 15) is 19.2 Å². The lowest BCUT2D eigenvalue weighted by Crippen LogP contribution is -2.44. The molecule has 9 heteroatoms. The number of hydrogen-bond acceptors (Lipinski definition) is 7. The zero-order valence-electron chi connectivity index (χ0n) is 14.8. The summed E-state index contributed by atoms with van der Waals surface area (Å²) >= 11 is 1.30. The maximum Gasteiger partial charge on any atom is 0.329 e. The van der Waals surface area contributed by atoms with Gasteiger partial charge >= 0.3 is 5.97 Å². The molecule has 142 valence electrons. The largest absolute Gasteiger partial charge is 0.458 e. The first-order valence-electron chi connectivity index (χ1n) is 8.96. The summed E-state index contributed by atoms with van der Waals surface area (Å²) in [4.78, 5) is 55.4. The van der Waals surface area contributed by atoms with Crippen molar-refractivity contribution in [2.45, 2.75) is 45.3 Å². The minimum atomic E-state index is -0.984. The zero-order valence-corrected chi connectivity index (χ0v) is 15.6. The first-order valence-corrected chi connectivity index (χ1v) is 9.84. The monoisotopic (exact) mass is 389 g/mol. The molecule has 1 aliphatic carbocycles. The van der Waals surface area contributed by atoms with E-state index in [2.05, 4.69) is 4.98 Å². The zero-order chi connectivity index (χ0) is 19.1. The van der Waals surface area contributed by atoms with Gasteiger partial charge in [-0.25, -0.2) is 9.78 Å². The predicted molar refractivity (Wildman–Crippen MR) is 95.9 cm³/mol. The number of aromatic nitrogens is 2. The minimum absolute atomic E-state index is 0.185. The fourth-order valence-electron chi connectivity index (χ4n) is 3.90. The molecule has 1 saturated carbocycles. The van der Waals surface area contributed by atoms with Crippen molar-refractivity contribution in [3.8, 4) is 0 Å². The van der Waals surface area contributed by atoms with Crippen LogP contribution in [0.25, 0.3) is 4.96 Å². The third-order valence-electron chi connectivity index (χ3n) is 5.32. The SMILES string of the molecule is C[C@H](C(=O)OCc1cc(=O)n2ccsc2n1)N1C(=O)[C@@H]2CCCC[C@H]2C1=O. The van der Waals surface area contributed by atoms with E-state index in [0.29, 0.717) is 23.5 Å². The lowest BCUT2D eigenvalue weighted by molar-refractivity contribution is -0.159. The van der Waals surface area contributed by atoms with Gasteiger partial charge in [0.2, 0.25) is 11.8 Å². The molecule has 1 aliphatic heterocycles. The highest BCUT2D eigenvalue weighted by Crippen LogP contribution is 2.38. The van der Waals surface area contributed by atoms with Crippen molar-refractivity contribution in [1.82, 2.24) is 14.3 Å². The summed E-state index contributed by atoms with van der Waals surface area (Å²) in [5, 5.41) is 1.74. The fraction of sp³-hybridized carbons (Fsp3) is 0.500. The number of esters is 1. The van der Waals surface area contributed by atoms with E-state index >= 15 is 0 Å². The molecular formula is C18H19N3O5S. The minimum Gasteiger partial charge on any atom is -0.458 e. The molecule has 2 aromatic rings. The van der Waals surface area contributed by atoms with E-state index in [1.165, 1.54) is 28.7 Å². The molecule has 0 unspecified atom stereocenters. The van der Waals surface area contributed by atoms with E-state index < -0.39 is 12.0 Å². The maximum atomic E-state index is 12.6. The Balaban J connectivity index is 1.45. The van der Waals surface area contributed by atoms with Gasteiger partial charge in [-0.15, -0.1) is 11.3 Å². The van der Waals surface area contributed by atoms with Crippen LogP contribution < -0.4 is 5.56 Å². The summed E-state index contributed by atoms with van der Waals surface area (Å²) in [7, 11) is 0. The van der Waals surface area contributed by atoms with Crippen LogP contribution in [0.3, 0.4) is 0 Å². The molecule has 0 N–H and O–H groups in total. The number of carbonyl (C=O) groups excluding carboxylic acids is 3. The Kier molecular flexibility index (Phi) is 4.55. The summed E-state index contributed by atoms with van der Waals surface area (Å²) < 4.78 is 6.65. The van der Waals surface area contributed by atoms with Crippen molar-refractivity contribution in [1.29, 1.82) is 0 Å². The van der Waals surface area contributed by atoms with Crippen LogP contribution >= 0.6 is 11.3 Å². The van der Waals surface area contributed by atoms with Crippen molar-refractivity contribution < 1.29 is 19.1 Å². The normalized spacial score (nSPS) is 23.5. The Hall–Kier alpha value is -2.55. The molecule has 3 atom stereocenters. The number of ether oxygens (including phenoxy) is 1. The third-order valence-corrected chi connectivity index (χ3v) is 6.08. The highest BCUT2D eigenvalue weighted by atomic mass is 32.1. The number of hydrogen-bond donors (Lipinski definition) is 0. The van der Waals surface area contributed by atoms with Gasteiger partial charge in [0.05, 0.1) is 17.5 Å². The third kappa shape index (κ3) is 3.05. The molecule has 0 aromatic carbocycles. The molecule has 0 spiro atoms. The number of rotatable bonds is 4. The number of nitrogens with zero attached hydrogens (tertiary/aromatic N) is 3. The Morgan fingerprint density at radius 1 is 1.26 bits per heavy atom. The Bertz CT molecular complexity index is 957. The van der Waals surface area contributed by atoms with Gasteiger partial charge in [0, 0.05) is 17.6 Å². The average molecular weight is 389 g/mol. The van der Waals surface area contributed by atoms with Crippen LogP contribution in [0.2, 0.25) is 0 Å². The van der Waals surface area contributed by atoms with Gasteiger partial charge in [0.15, 0.2) is 4.96 Å². The summed E-state index contributed by atoms with van der Waals surface area (Å²) in [6.45, 7) is 1.32. The Morgan fingerprint density at radius 3 is 2.59 bits per heavy atom. The second-order valence-electron chi connectivity index (χ2n) is 6.97. The van der Waals surface area contributed by atoms with Gasteiger partial charge in [-0.2, -0.15) is 0 Å².